The van der Waals surface area contributed by atoms with Gasteiger partial charge in [0.15, 0.2) is 0 Å². The summed E-state index contributed by atoms with van der Waals surface area (Å²) in [5.74, 6) is 0.541. The molecule has 3 rings (SSSR count). The van der Waals surface area contributed by atoms with Crippen LogP contribution in [0.25, 0.3) is 0 Å². The third kappa shape index (κ3) is 3.98. The molecule has 0 aromatic carbocycles. The molecule has 3 aliphatic rings. The minimum absolute atomic E-state index is 0.263. The Balaban J connectivity index is 1.30. The standard InChI is InChI=1S/C17H30N2O2/c20-16(15-13-17(15)7-11-21-12-8-17)19-10-9-18-14-5-3-1-2-4-6-14/h14-15,18H,1-13H2,(H,19,20)/t15-/m1/s1. The molecule has 1 atom stereocenters. The van der Waals surface area contributed by atoms with Gasteiger partial charge in [0.2, 0.25) is 5.91 Å². The molecule has 0 unspecified atom stereocenters. The summed E-state index contributed by atoms with van der Waals surface area (Å²) < 4.78 is 5.41. The summed E-state index contributed by atoms with van der Waals surface area (Å²) in [6.07, 6.45) is 11.3. The Morgan fingerprint density at radius 2 is 1.76 bits per heavy atom. The maximum absolute atomic E-state index is 12.2. The lowest BCUT2D eigenvalue weighted by atomic mass is 9.93. The molecule has 120 valence electrons. The first kappa shape index (κ1) is 15.3. The third-order valence-electron chi connectivity index (χ3n) is 5.71. The van der Waals surface area contributed by atoms with Gasteiger partial charge in [-0.05, 0) is 37.5 Å². The zero-order valence-corrected chi connectivity index (χ0v) is 13.2. The van der Waals surface area contributed by atoms with E-state index < -0.39 is 0 Å². The number of carbonyl (C=O) groups is 1. The lowest BCUT2D eigenvalue weighted by molar-refractivity contribution is -0.123. The van der Waals surface area contributed by atoms with Crippen molar-refractivity contribution in [1.29, 1.82) is 0 Å². The number of hydrogen-bond acceptors (Lipinski definition) is 3. The van der Waals surface area contributed by atoms with Crippen molar-refractivity contribution in [1.82, 2.24) is 10.6 Å². The Hall–Kier alpha value is -0.610. The molecule has 3 fully saturated rings. The molecule has 2 N–H and O–H groups in total. The lowest BCUT2D eigenvalue weighted by Gasteiger charge is -2.22. The second-order valence-electron chi connectivity index (χ2n) is 7.17. The van der Waals surface area contributed by atoms with Gasteiger partial charge in [-0.2, -0.15) is 0 Å². The van der Waals surface area contributed by atoms with Gasteiger partial charge in [-0.15, -0.1) is 0 Å². The highest BCUT2D eigenvalue weighted by Gasteiger charge is 2.57. The molecule has 1 heterocycles. The molecule has 1 aliphatic heterocycles. The van der Waals surface area contributed by atoms with Gasteiger partial charge in [0, 0.05) is 38.3 Å². The van der Waals surface area contributed by atoms with Crippen LogP contribution < -0.4 is 10.6 Å². The maximum Gasteiger partial charge on any atom is 0.223 e. The van der Waals surface area contributed by atoms with Crippen molar-refractivity contribution in [2.75, 3.05) is 26.3 Å². The summed E-state index contributed by atoms with van der Waals surface area (Å²) in [6.45, 7) is 3.37. The summed E-state index contributed by atoms with van der Waals surface area (Å²) in [6, 6.07) is 0.673. The highest BCUT2D eigenvalue weighted by Crippen LogP contribution is 2.59. The predicted molar refractivity (Wildman–Crippen MR) is 83.1 cm³/mol. The van der Waals surface area contributed by atoms with Crippen LogP contribution in [-0.2, 0) is 9.53 Å². The van der Waals surface area contributed by atoms with E-state index in [1.807, 2.05) is 0 Å². The summed E-state index contributed by atoms with van der Waals surface area (Å²) in [5.41, 5.74) is 0.303. The highest BCUT2D eigenvalue weighted by atomic mass is 16.5. The number of hydrogen-bond donors (Lipinski definition) is 2. The molecule has 1 saturated heterocycles. The Morgan fingerprint density at radius 1 is 1.05 bits per heavy atom. The van der Waals surface area contributed by atoms with E-state index >= 15 is 0 Å². The lowest BCUT2D eigenvalue weighted by Crippen LogP contribution is -2.38. The van der Waals surface area contributed by atoms with Crippen LogP contribution in [0.5, 0.6) is 0 Å². The fourth-order valence-corrected chi connectivity index (χ4v) is 4.12. The van der Waals surface area contributed by atoms with Crippen LogP contribution >= 0.6 is 0 Å². The summed E-state index contributed by atoms with van der Waals surface area (Å²) in [4.78, 5) is 12.2. The first-order chi connectivity index (χ1) is 10.3. The van der Waals surface area contributed by atoms with Gasteiger partial charge in [-0.3, -0.25) is 4.79 Å². The molecule has 4 heteroatoms. The third-order valence-corrected chi connectivity index (χ3v) is 5.71. The minimum Gasteiger partial charge on any atom is -0.381 e. The number of rotatable bonds is 5. The van der Waals surface area contributed by atoms with Gasteiger partial charge in [-0.25, -0.2) is 0 Å². The molecule has 2 saturated carbocycles. The first-order valence-electron chi connectivity index (χ1n) is 8.89. The van der Waals surface area contributed by atoms with Crippen LogP contribution in [0.4, 0.5) is 0 Å². The van der Waals surface area contributed by atoms with Crippen molar-refractivity contribution in [3.05, 3.63) is 0 Å². The second-order valence-corrected chi connectivity index (χ2v) is 7.17. The first-order valence-corrected chi connectivity index (χ1v) is 8.89. The molecule has 1 spiro atoms. The topological polar surface area (TPSA) is 50.4 Å². The van der Waals surface area contributed by atoms with E-state index in [9.17, 15) is 4.79 Å². The van der Waals surface area contributed by atoms with Crippen molar-refractivity contribution >= 4 is 5.91 Å². The number of carbonyl (C=O) groups excluding carboxylic acids is 1. The quantitative estimate of drug-likeness (QED) is 0.604. The van der Waals surface area contributed by atoms with Gasteiger partial charge in [0.05, 0.1) is 0 Å². The van der Waals surface area contributed by atoms with E-state index in [4.69, 9.17) is 4.74 Å². The van der Waals surface area contributed by atoms with E-state index in [-0.39, 0.29) is 11.8 Å². The summed E-state index contributed by atoms with van der Waals surface area (Å²) in [7, 11) is 0. The van der Waals surface area contributed by atoms with Crippen LogP contribution in [0.15, 0.2) is 0 Å². The molecule has 2 aliphatic carbocycles. The average Bonchev–Trinajstić information content (AvgIpc) is 3.25. The van der Waals surface area contributed by atoms with Crippen LogP contribution in [0.3, 0.4) is 0 Å². The monoisotopic (exact) mass is 294 g/mol. The maximum atomic E-state index is 12.2. The Kier molecular flexibility index (Phi) is 5.17. The zero-order valence-electron chi connectivity index (χ0n) is 13.2. The largest absolute Gasteiger partial charge is 0.381 e. The van der Waals surface area contributed by atoms with Gasteiger partial charge in [0.25, 0.3) is 0 Å². The van der Waals surface area contributed by atoms with E-state index in [0.717, 1.165) is 45.6 Å². The molecule has 0 radical (unpaired) electrons. The highest BCUT2D eigenvalue weighted by molar-refractivity contribution is 5.82. The van der Waals surface area contributed by atoms with E-state index in [2.05, 4.69) is 10.6 Å². The molecule has 21 heavy (non-hydrogen) atoms. The van der Waals surface area contributed by atoms with Gasteiger partial charge >= 0.3 is 0 Å². The fraction of sp³-hybridized carbons (Fsp3) is 0.941. The summed E-state index contributed by atoms with van der Waals surface area (Å²) >= 11 is 0. The van der Waals surface area contributed by atoms with E-state index in [1.54, 1.807) is 0 Å². The van der Waals surface area contributed by atoms with Crippen LogP contribution in [0, 0.1) is 11.3 Å². The van der Waals surface area contributed by atoms with Gasteiger partial charge in [-0.1, -0.05) is 25.7 Å². The smallest absolute Gasteiger partial charge is 0.223 e. The average molecular weight is 294 g/mol. The molecular weight excluding hydrogens is 264 g/mol. The summed E-state index contributed by atoms with van der Waals surface area (Å²) in [5, 5.41) is 6.74. The molecule has 4 nitrogen and oxygen atoms in total. The molecule has 0 aromatic heterocycles. The van der Waals surface area contributed by atoms with Gasteiger partial charge in [0.1, 0.15) is 0 Å². The van der Waals surface area contributed by atoms with Crippen LogP contribution in [-0.4, -0.2) is 38.3 Å². The second kappa shape index (κ2) is 7.10. The molecule has 0 bridgehead atoms. The Morgan fingerprint density at radius 3 is 2.48 bits per heavy atom. The van der Waals surface area contributed by atoms with Crippen molar-refractivity contribution in [3.8, 4) is 0 Å². The predicted octanol–water partition coefficient (Wildman–Crippen LogP) is 2.23. The van der Waals surface area contributed by atoms with Gasteiger partial charge < -0.3 is 15.4 Å². The number of ether oxygens (including phenoxy) is 1. The number of amides is 1. The Labute approximate surface area is 128 Å². The minimum atomic E-state index is 0.263. The number of nitrogens with one attached hydrogen (secondary N) is 2. The molecule has 1 amide bonds. The van der Waals surface area contributed by atoms with Crippen molar-refractivity contribution in [2.24, 2.45) is 11.3 Å². The normalized spacial score (nSPS) is 29.0. The molecular formula is C17H30N2O2. The van der Waals surface area contributed by atoms with Crippen LogP contribution in [0.1, 0.15) is 57.8 Å². The Bertz CT molecular complexity index is 345. The molecule has 0 aromatic rings. The van der Waals surface area contributed by atoms with Crippen molar-refractivity contribution < 1.29 is 9.53 Å². The van der Waals surface area contributed by atoms with Crippen molar-refractivity contribution in [2.45, 2.75) is 63.8 Å². The SMILES string of the molecule is O=C(NCCNC1CCCCCC1)[C@H]1CC12CCOCC2. The van der Waals surface area contributed by atoms with Crippen LogP contribution in [0.2, 0.25) is 0 Å². The van der Waals surface area contributed by atoms with Crippen molar-refractivity contribution in [3.63, 3.8) is 0 Å². The van der Waals surface area contributed by atoms with E-state index in [1.165, 1.54) is 38.5 Å². The fourth-order valence-electron chi connectivity index (χ4n) is 4.12. The zero-order chi connectivity index (χ0) is 14.5. The van der Waals surface area contributed by atoms with E-state index in [0.29, 0.717) is 11.5 Å².